The first-order valence-corrected chi connectivity index (χ1v) is 9.10. The minimum absolute atomic E-state index is 0.0577. The molecular weight excluding hydrogens is 302 g/mol. The maximum Gasteiger partial charge on any atom is 0.240 e. The summed E-state index contributed by atoms with van der Waals surface area (Å²) >= 11 is 0. The van der Waals surface area contributed by atoms with E-state index < -0.39 is 10.0 Å². The van der Waals surface area contributed by atoms with Gasteiger partial charge in [0, 0.05) is 31.7 Å². The van der Waals surface area contributed by atoms with Crippen LogP contribution in [-0.2, 0) is 21.2 Å². The molecule has 1 saturated heterocycles. The Hall–Kier alpha value is -1.44. The fourth-order valence-corrected chi connectivity index (χ4v) is 4.38. The molecule has 1 fully saturated rings. The van der Waals surface area contributed by atoms with Crippen molar-refractivity contribution in [1.29, 1.82) is 0 Å². The van der Waals surface area contributed by atoms with Gasteiger partial charge in [0.25, 0.3) is 0 Å². The predicted octanol–water partition coefficient (Wildman–Crippen LogP) is 0.626. The van der Waals surface area contributed by atoms with E-state index in [9.17, 15) is 13.2 Å². The molecule has 1 amide bonds. The number of hydrogen-bond acceptors (Lipinski definition) is 4. The summed E-state index contributed by atoms with van der Waals surface area (Å²) in [6.07, 6.45) is 2.58. The topological polar surface area (TPSA) is 78.5 Å². The summed E-state index contributed by atoms with van der Waals surface area (Å²) in [5.41, 5.74) is 1.74. The second kappa shape index (κ2) is 5.98. The Balaban J connectivity index is 1.85. The molecule has 22 heavy (non-hydrogen) atoms. The number of nitrogens with zero attached hydrogens (tertiary/aromatic N) is 1. The SMILES string of the molecule is CC(=O)N1CCc2ccc(S(=O)(=O)N[C@H]3CCCNC3)cc21. The van der Waals surface area contributed by atoms with Gasteiger partial charge in [-0.05, 0) is 43.5 Å². The molecule has 0 aromatic heterocycles. The van der Waals surface area contributed by atoms with Gasteiger partial charge in [0.1, 0.15) is 0 Å². The number of carbonyl (C=O) groups excluding carboxylic acids is 1. The standard InChI is InChI=1S/C15H21N3O3S/c1-11(19)18-8-6-12-4-5-14(9-15(12)18)22(20,21)17-13-3-2-7-16-10-13/h4-5,9,13,16-17H,2-3,6-8,10H2,1H3/t13-/m0/s1. The van der Waals surface area contributed by atoms with Crippen molar-refractivity contribution in [2.75, 3.05) is 24.5 Å². The first kappa shape index (κ1) is 15.5. The summed E-state index contributed by atoms with van der Waals surface area (Å²) in [5, 5.41) is 3.19. The average Bonchev–Trinajstić information content (AvgIpc) is 2.91. The first-order valence-electron chi connectivity index (χ1n) is 7.61. The summed E-state index contributed by atoms with van der Waals surface area (Å²) in [5.74, 6) is -0.0577. The molecule has 0 bridgehead atoms. The minimum atomic E-state index is -3.56. The minimum Gasteiger partial charge on any atom is -0.315 e. The smallest absolute Gasteiger partial charge is 0.240 e. The molecule has 2 aliphatic heterocycles. The maximum absolute atomic E-state index is 12.5. The van der Waals surface area contributed by atoms with E-state index in [2.05, 4.69) is 10.0 Å². The number of piperidine rings is 1. The van der Waals surface area contributed by atoms with E-state index >= 15 is 0 Å². The molecule has 0 spiro atoms. The van der Waals surface area contributed by atoms with Crippen LogP contribution in [0.3, 0.4) is 0 Å². The van der Waals surface area contributed by atoms with Gasteiger partial charge in [0.15, 0.2) is 0 Å². The zero-order chi connectivity index (χ0) is 15.7. The highest BCUT2D eigenvalue weighted by Gasteiger charge is 2.26. The number of amides is 1. The quantitative estimate of drug-likeness (QED) is 0.855. The number of fused-ring (bicyclic) bond motifs is 1. The van der Waals surface area contributed by atoms with E-state index in [0.29, 0.717) is 13.1 Å². The number of nitrogens with one attached hydrogen (secondary N) is 2. The summed E-state index contributed by atoms with van der Waals surface area (Å²) in [7, 11) is -3.56. The van der Waals surface area contributed by atoms with Crippen molar-refractivity contribution in [2.24, 2.45) is 0 Å². The van der Waals surface area contributed by atoms with Crippen LogP contribution >= 0.6 is 0 Å². The summed E-state index contributed by atoms with van der Waals surface area (Å²) in [4.78, 5) is 13.5. The Kier molecular flexibility index (Phi) is 4.20. The van der Waals surface area contributed by atoms with Crippen LogP contribution in [0.25, 0.3) is 0 Å². The van der Waals surface area contributed by atoms with Gasteiger partial charge in [-0.3, -0.25) is 4.79 Å². The second-order valence-corrected chi connectivity index (χ2v) is 7.59. The van der Waals surface area contributed by atoms with Crippen molar-refractivity contribution in [3.63, 3.8) is 0 Å². The van der Waals surface area contributed by atoms with E-state index in [0.717, 1.165) is 37.1 Å². The Morgan fingerprint density at radius 2 is 2.23 bits per heavy atom. The molecule has 0 aliphatic carbocycles. The van der Waals surface area contributed by atoms with Crippen LogP contribution < -0.4 is 14.9 Å². The number of carbonyl (C=O) groups is 1. The lowest BCUT2D eigenvalue weighted by Crippen LogP contribution is -2.45. The molecule has 2 aliphatic rings. The van der Waals surface area contributed by atoms with E-state index in [4.69, 9.17) is 0 Å². The second-order valence-electron chi connectivity index (χ2n) is 5.88. The number of anilines is 1. The fourth-order valence-electron chi connectivity index (χ4n) is 3.09. The predicted molar refractivity (Wildman–Crippen MR) is 84.4 cm³/mol. The van der Waals surface area contributed by atoms with Crippen molar-refractivity contribution in [1.82, 2.24) is 10.0 Å². The lowest BCUT2D eigenvalue weighted by Gasteiger charge is -2.24. The normalized spacial score (nSPS) is 21.7. The lowest BCUT2D eigenvalue weighted by molar-refractivity contribution is -0.116. The largest absolute Gasteiger partial charge is 0.315 e. The van der Waals surface area contributed by atoms with Crippen LogP contribution in [0.4, 0.5) is 5.69 Å². The first-order chi connectivity index (χ1) is 10.5. The zero-order valence-corrected chi connectivity index (χ0v) is 13.4. The zero-order valence-electron chi connectivity index (χ0n) is 12.6. The molecule has 3 rings (SSSR count). The Morgan fingerprint density at radius 1 is 1.41 bits per heavy atom. The van der Waals surface area contributed by atoms with E-state index in [1.807, 2.05) is 6.07 Å². The van der Waals surface area contributed by atoms with E-state index in [1.165, 1.54) is 6.92 Å². The third kappa shape index (κ3) is 3.02. The van der Waals surface area contributed by atoms with Crippen molar-refractivity contribution in [2.45, 2.75) is 37.1 Å². The summed E-state index contributed by atoms with van der Waals surface area (Å²) in [6.45, 7) is 3.71. The van der Waals surface area contributed by atoms with E-state index in [1.54, 1.807) is 17.0 Å². The van der Waals surface area contributed by atoms with Crippen molar-refractivity contribution >= 4 is 21.6 Å². The highest BCUT2D eigenvalue weighted by Crippen LogP contribution is 2.30. The molecule has 0 unspecified atom stereocenters. The molecule has 1 aromatic carbocycles. The van der Waals surface area contributed by atoms with Crippen molar-refractivity contribution in [3.8, 4) is 0 Å². The van der Waals surface area contributed by atoms with Crippen LogP contribution in [0.2, 0.25) is 0 Å². The summed E-state index contributed by atoms with van der Waals surface area (Å²) in [6, 6.07) is 4.98. The highest BCUT2D eigenvalue weighted by molar-refractivity contribution is 7.89. The molecule has 1 aromatic rings. The third-order valence-electron chi connectivity index (χ3n) is 4.26. The van der Waals surface area contributed by atoms with Gasteiger partial charge < -0.3 is 10.2 Å². The number of rotatable bonds is 3. The molecule has 1 atom stereocenters. The highest BCUT2D eigenvalue weighted by atomic mass is 32.2. The van der Waals surface area contributed by atoms with Gasteiger partial charge in [-0.2, -0.15) is 0 Å². The Morgan fingerprint density at radius 3 is 2.91 bits per heavy atom. The number of sulfonamides is 1. The van der Waals surface area contributed by atoms with Gasteiger partial charge in [-0.15, -0.1) is 0 Å². The molecule has 0 radical (unpaired) electrons. The van der Waals surface area contributed by atoms with Crippen LogP contribution in [0.5, 0.6) is 0 Å². The molecule has 7 heteroatoms. The monoisotopic (exact) mass is 323 g/mol. The third-order valence-corrected chi connectivity index (χ3v) is 5.78. The van der Waals surface area contributed by atoms with Crippen LogP contribution in [0, 0.1) is 0 Å². The van der Waals surface area contributed by atoms with Gasteiger partial charge >= 0.3 is 0 Å². The van der Waals surface area contributed by atoms with Gasteiger partial charge in [-0.1, -0.05) is 6.07 Å². The Labute approximate surface area is 130 Å². The lowest BCUT2D eigenvalue weighted by atomic mass is 10.1. The van der Waals surface area contributed by atoms with Crippen LogP contribution in [0.15, 0.2) is 23.1 Å². The molecular formula is C15H21N3O3S. The summed E-state index contributed by atoms with van der Waals surface area (Å²) < 4.78 is 27.8. The average molecular weight is 323 g/mol. The van der Waals surface area contributed by atoms with Gasteiger partial charge in [0.2, 0.25) is 15.9 Å². The van der Waals surface area contributed by atoms with Crippen LogP contribution in [0.1, 0.15) is 25.3 Å². The molecule has 2 heterocycles. The van der Waals surface area contributed by atoms with E-state index in [-0.39, 0.29) is 16.8 Å². The maximum atomic E-state index is 12.5. The molecule has 0 saturated carbocycles. The number of benzene rings is 1. The Bertz CT molecular complexity index is 681. The molecule has 120 valence electrons. The van der Waals surface area contributed by atoms with Gasteiger partial charge in [-0.25, -0.2) is 13.1 Å². The molecule has 6 nitrogen and oxygen atoms in total. The fraction of sp³-hybridized carbons (Fsp3) is 0.533. The van der Waals surface area contributed by atoms with Gasteiger partial charge in [0.05, 0.1) is 4.90 Å². The van der Waals surface area contributed by atoms with Crippen molar-refractivity contribution < 1.29 is 13.2 Å². The van der Waals surface area contributed by atoms with Crippen LogP contribution in [-0.4, -0.2) is 40.0 Å². The molecule has 2 N–H and O–H groups in total. The van der Waals surface area contributed by atoms with Crippen molar-refractivity contribution in [3.05, 3.63) is 23.8 Å². The number of hydrogen-bond donors (Lipinski definition) is 2.